The van der Waals surface area contributed by atoms with Crippen molar-refractivity contribution < 1.29 is 37.8 Å². The Labute approximate surface area is 249 Å². The molecule has 13 heteroatoms. The van der Waals surface area contributed by atoms with Crippen LogP contribution in [0.4, 0.5) is 5.69 Å². The van der Waals surface area contributed by atoms with Crippen LogP contribution < -0.4 is 19.7 Å². The average molecular weight is 609 g/mol. The van der Waals surface area contributed by atoms with Crippen LogP contribution in [0.1, 0.15) is 23.6 Å². The van der Waals surface area contributed by atoms with E-state index in [1.54, 1.807) is 60.7 Å². The predicted octanol–water partition coefficient (Wildman–Crippen LogP) is 2.48. The Kier molecular flexibility index (Phi) is 9.56. The molecule has 0 saturated heterocycles. The first-order chi connectivity index (χ1) is 20.5. The van der Waals surface area contributed by atoms with Crippen LogP contribution in [0.25, 0.3) is 0 Å². The summed E-state index contributed by atoms with van der Waals surface area (Å²) in [7, 11) is -2.63. The van der Waals surface area contributed by atoms with E-state index in [1.165, 1.54) is 26.2 Å². The first-order valence-electron chi connectivity index (χ1n) is 13.3. The van der Waals surface area contributed by atoms with Crippen LogP contribution in [0.15, 0.2) is 90.9 Å². The van der Waals surface area contributed by atoms with Crippen molar-refractivity contribution in [3.05, 3.63) is 108 Å². The molecule has 4 rings (SSSR count). The summed E-state index contributed by atoms with van der Waals surface area (Å²) >= 11 is 0. The highest BCUT2D eigenvalue weighted by molar-refractivity contribution is 7.91. The van der Waals surface area contributed by atoms with Crippen molar-refractivity contribution in [3.63, 3.8) is 0 Å². The van der Waals surface area contributed by atoms with Crippen LogP contribution in [-0.2, 0) is 44.0 Å². The molecule has 0 aromatic heterocycles. The number of amides is 2. The van der Waals surface area contributed by atoms with Gasteiger partial charge < -0.3 is 25.6 Å². The largest absolute Gasteiger partial charge is 0.497 e. The predicted molar refractivity (Wildman–Crippen MR) is 158 cm³/mol. The molecular formula is C30H32N4O8S. The minimum absolute atomic E-state index is 0.100. The molecule has 12 nitrogen and oxygen atoms in total. The van der Waals surface area contributed by atoms with Crippen molar-refractivity contribution in [3.8, 4) is 5.75 Å². The van der Waals surface area contributed by atoms with Crippen molar-refractivity contribution >= 4 is 33.7 Å². The van der Waals surface area contributed by atoms with Gasteiger partial charge in [0.1, 0.15) is 17.8 Å². The van der Waals surface area contributed by atoms with Crippen LogP contribution >= 0.6 is 0 Å². The van der Waals surface area contributed by atoms with Gasteiger partial charge in [-0.3, -0.25) is 9.59 Å². The van der Waals surface area contributed by atoms with Crippen LogP contribution in [0, 0.1) is 0 Å². The number of methoxy groups -OCH3 is 1. The molecule has 0 unspecified atom stereocenters. The van der Waals surface area contributed by atoms with E-state index >= 15 is 0 Å². The summed E-state index contributed by atoms with van der Waals surface area (Å²) in [6.45, 7) is 1.17. The summed E-state index contributed by atoms with van der Waals surface area (Å²) in [4.78, 5) is 36.8. The monoisotopic (exact) mass is 608 g/mol. The number of carbonyl (C=O) groups is 3. The summed E-state index contributed by atoms with van der Waals surface area (Å²) in [6.07, 6.45) is 1.16. The van der Waals surface area contributed by atoms with Gasteiger partial charge >= 0.3 is 16.2 Å². The maximum absolute atomic E-state index is 13.2. The SMILES string of the molecule is COc1ccc(CN2C(O)=CN(c3ccc(C[C@H](NC(=O)[C@H](Cc4ccccc4)NC(C)=O)C(=O)O)cc3)S2(=O)=O)cc1. The molecule has 43 heavy (non-hydrogen) atoms. The Morgan fingerprint density at radius 1 is 0.837 bits per heavy atom. The Balaban J connectivity index is 1.44. The van der Waals surface area contributed by atoms with Crippen molar-refractivity contribution in [2.24, 2.45) is 0 Å². The number of carboxylic acid groups (broad SMARTS) is 1. The van der Waals surface area contributed by atoms with Gasteiger partial charge in [0.15, 0.2) is 0 Å². The number of ether oxygens (including phenoxy) is 1. The molecule has 1 aliphatic rings. The minimum atomic E-state index is -4.15. The molecule has 0 spiro atoms. The van der Waals surface area contributed by atoms with Crippen LogP contribution in [0.3, 0.4) is 0 Å². The fraction of sp³-hybridized carbons (Fsp3) is 0.233. The maximum atomic E-state index is 13.2. The fourth-order valence-electron chi connectivity index (χ4n) is 4.52. The van der Waals surface area contributed by atoms with Gasteiger partial charge in [0.05, 0.1) is 25.5 Å². The van der Waals surface area contributed by atoms with Crippen LogP contribution in [0.5, 0.6) is 5.75 Å². The Morgan fingerprint density at radius 2 is 1.42 bits per heavy atom. The van der Waals surface area contributed by atoms with Gasteiger partial charge in [-0.2, -0.15) is 8.42 Å². The van der Waals surface area contributed by atoms with Crippen molar-refractivity contribution in [1.82, 2.24) is 14.9 Å². The Hall–Kier alpha value is -5.04. The molecule has 2 atom stereocenters. The minimum Gasteiger partial charge on any atom is -0.497 e. The van der Waals surface area contributed by atoms with E-state index in [1.807, 2.05) is 6.07 Å². The standard InChI is InChI=1S/C30H32N4O8S/c1-20(35)31-26(16-21-6-4-3-5-7-21)29(37)32-27(30(38)39)17-22-8-12-24(13-9-22)33-19-28(36)34(43(33,40)41)18-23-10-14-25(42-2)15-11-23/h3-15,19,26-27,36H,16-18H2,1-2H3,(H,31,35)(H,32,37)(H,38,39)/t26-,27-/m0/s1. The van der Waals surface area contributed by atoms with E-state index in [0.29, 0.717) is 16.9 Å². The first-order valence-corrected chi connectivity index (χ1v) is 14.7. The molecule has 0 aliphatic carbocycles. The third-order valence-corrected chi connectivity index (χ3v) is 8.41. The van der Waals surface area contributed by atoms with E-state index in [-0.39, 0.29) is 25.1 Å². The zero-order chi connectivity index (χ0) is 31.1. The zero-order valence-electron chi connectivity index (χ0n) is 23.5. The lowest BCUT2D eigenvalue weighted by Gasteiger charge is -2.22. The molecule has 0 radical (unpaired) electrons. The molecule has 3 aromatic rings. The highest BCUT2D eigenvalue weighted by atomic mass is 32.2. The summed E-state index contributed by atoms with van der Waals surface area (Å²) in [5.74, 6) is -2.21. The number of aliphatic carboxylic acids is 1. The highest BCUT2D eigenvalue weighted by Crippen LogP contribution is 2.31. The zero-order valence-corrected chi connectivity index (χ0v) is 24.3. The Bertz CT molecular complexity index is 1590. The van der Waals surface area contributed by atoms with Gasteiger partial charge in [-0.05, 0) is 41.0 Å². The number of benzene rings is 3. The second-order valence-electron chi connectivity index (χ2n) is 9.86. The lowest BCUT2D eigenvalue weighted by Crippen LogP contribution is -2.52. The molecule has 0 saturated carbocycles. The average Bonchev–Trinajstić information content (AvgIpc) is 3.20. The smallest absolute Gasteiger partial charge is 0.333 e. The fourth-order valence-corrected chi connectivity index (χ4v) is 5.94. The van der Waals surface area contributed by atoms with Gasteiger partial charge in [-0.25, -0.2) is 13.4 Å². The number of carboxylic acids is 1. The summed E-state index contributed by atoms with van der Waals surface area (Å²) < 4.78 is 33.4. The second-order valence-corrected chi connectivity index (χ2v) is 11.6. The molecule has 1 aliphatic heterocycles. The molecule has 4 N–H and O–H groups in total. The molecule has 226 valence electrons. The topological polar surface area (TPSA) is 166 Å². The number of rotatable bonds is 12. The first kappa shape index (κ1) is 30.9. The van der Waals surface area contributed by atoms with E-state index in [9.17, 15) is 33.0 Å². The van der Waals surface area contributed by atoms with Crippen molar-refractivity contribution in [2.75, 3.05) is 11.4 Å². The van der Waals surface area contributed by atoms with Gasteiger partial charge in [0.2, 0.25) is 17.7 Å². The van der Waals surface area contributed by atoms with E-state index in [4.69, 9.17) is 4.74 Å². The number of aliphatic hydroxyl groups excluding tert-OH is 1. The van der Waals surface area contributed by atoms with Gasteiger partial charge in [0.25, 0.3) is 0 Å². The number of anilines is 1. The third kappa shape index (κ3) is 7.63. The summed E-state index contributed by atoms with van der Waals surface area (Å²) in [6, 6.07) is 19.5. The number of aliphatic hydroxyl groups is 1. The van der Waals surface area contributed by atoms with Gasteiger partial charge in [0, 0.05) is 19.8 Å². The highest BCUT2D eigenvalue weighted by Gasteiger charge is 2.38. The number of nitrogens with zero attached hydrogens (tertiary/aromatic N) is 2. The van der Waals surface area contributed by atoms with Crippen molar-refractivity contribution in [2.45, 2.75) is 38.4 Å². The molecule has 1 heterocycles. The molecule has 3 aromatic carbocycles. The maximum Gasteiger partial charge on any atom is 0.333 e. The quantitative estimate of drug-likeness (QED) is 0.243. The number of hydrogen-bond donors (Lipinski definition) is 4. The number of hydrogen-bond acceptors (Lipinski definition) is 7. The summed E-state index contributed by atoms with van der Waals surface area (Å²) in [5, 5.41) is 25.3. The summed E-state index contributed by atoms with van der Waals surface area (Å²) in [5.41, 5.74) is 2.15. The molecule has 0 bridgehead atoms. The van der Waals surface area contributed by atoms with Gasteiger partial charge in [-0.1, -0.05) is 54.6 Å². The molecule has 2 amide bonds. The second kappa shape index (κ2) is 13.3. The van der Waals surface area contributed by atoms with Crippen molar-refractivity contribution in [1.29, 1.82) is 0 Å². The van der Waals surface area contributed by atoms with Crippen LogP contribution in [-0.4, -0.2) is 59.9 Å². The lowest BCUT2D eigenvalue weighted by molar-refractivity contribution is -0.142. The lowest BCUT2D eigenvalue weighted by atomic mass is 10.0. The van der Waals surface area contributed by atoms with E-state index in [0.717, 1.165) is 20.4 Å². The van der Waals surface area contributed by atoms with E-state index < -0.39 is 46.0 Å². The molecular weight excluding hydrogens is 576 g/mol. The molecule has 0 fully saturated rings. The van der Waals surface area contributed by atoms with E-state index in [2.05, 4.69) is 10.6 Å². The normalized spacial score (nSPS) is 15.3. The van der Waals surface area contributed by atoms with Crippen LogP contribution in [0.2, 0.25) is 0 Å². The number of nitrogens with one attached hydrogen (secondary N) is 2. The van der Waals surface area contributed by atoms with Gasteiger partial charge in [-0.15, -0.1) is 0 Å². The Morgan fingerprint density at radius 3 is 2.00 bits per heavy atom. The third-order valence-electron chi connectivity index (χ3n) is 6.72. The number of carbonyl (C=O) groups excluding carboxylic acids is 2.